The fraction of sp³-hybridized carbons (Fsp3) is 0.895. The van der Waals surface area contributed by atoms with Gasteiger partial charge in [0.25, 0.3) is 0 Å². The molecule has 0 amide bonds. The predicted molar refractivity (Wildman–Crippen MR) is 95.1 cm³/mol. The van der Waals surface area contributed by atoms with Crippen LogP contribution in [0.2, 0.25) is 0 Å². The van der Waals surface area contributed by atoms with E-state index in [0.29, 0.717) is 19.2 Å². The van der Waals surface area contributed by atoms with Crippen molar-refractivity contribution in [1.82, 2.24) is 0 Å². The van der Waals surface area contributed by atoms with Crippen LogP contribution >= 0.6 is 0 Å². The second-order valence-electron chi connectivity index (χ2n) is 5.74. The topological polar surface area (TPSA) is 36.9 Å². The van der Waals surface area contributed by atoms with Gasteiger partial charge in [0.1, 0.15) is 0 Å². The Morgan fingerprint density at radius 2 is 1.26 bits per heavy atom. The first-order valence-corrected chi connectivity index (χ1v) is 9.49. The summed E-state index contributed by atoms with van der Waals surface area (Å²) >= 11 is 0. The molecule has 0 saturated heterocycles. The maximum absolute atomic E-state index is 5.95. The van der Waals surface area contributed by atoms with Gasteiger partial charge in [-0.25, -0.2) is 0 Å². The second kappa shape index (κ2) is 17.5. The van der Waals surface area contributed by atoms with E-state index in [9.17, 15) is 0 Å². The molecule has 4 nitrogen and oxygen atoms in total. The molecule has 0 aromatic rings. The number of hydrogen-bond donors (Lipinski definition) is 0. The zero-order valence-corrected chi connectivity index (χ0v) is 15.8. The normalized spacial score (nSPS) is 12.0. The van der Waals surface area contributed by atoms with Gasteiger partial charge >= 0.3 is 5.95 Å². The van der Waals surface area contributed by atoms with Crippen LogP contribution in [0.25, 0.3) is 0 Å². The molecule has 0 atom stereocenters. The fourth-order valence-electron chi connectivity index (χ4n) is 1.92. The molecule has 0 aliphatic rings. The molecule has 0 aliphatic heterocycles. The molecular weight excluding hydrogens is 292 g/mol. The van der Waals surface area contributed by atoms with E-state index in [1.165, 1.54) is 12.8 Å². The van der Waals surface area contributed by atoms with Gasteiger partial charge in [0.2, 0.25) is 0 Å². The fourth-order valence-corrected chi connectivity index (χ4v) is 1.92. The lowest BCUT2D eigenvalue weighted by Crippen LogP contribution is -2.10. The molecule has 0 unspecified atom stereocenters. The summed E-state index contributed by atoms with van der Waals surface area (Å²) in [6.07, 6.45) is 9.60. The molecule has 0 saturated carbocycles. The molecule has 23 heavy (non-hydrogen) atoms. The number of ether oxygens (including phenoxy) is 4. The van der Waals surface area contributed by atoms with Gasteiger partial charge in [0, 0.05) is 6.42 Å². The highest BCUT2D eigenvalue weighted by Crippen LogP contribution is 2.19. The van der Waals surface area contributed by atoms with Crippen LogP contribution < -0.4 is 0 Å². The van der Waals surface area contributed by atoms with Crippen LogP contribution in [0.5, 0.6) is 0 Å². The van der Waals surface area contributed by atoms with Crippen molar-refractivity contribution in [2.75, 3.05) is 26.6 Å². The molecule has 0 heterocycles. The number of unbranched alkanes of at least 4 members (excludes halogenated alkanes) is 4. The maximum Gasteiger partial charge on any atom is 0.321 e. The van der Waals surface area contributed by atoms with Gasteiger partial charge in [-0.05, 0) is 25.7 Å². The van der Waals surface area contributed by atoms with Crippen LogP contribution in [0, 0.1) is 0 Å². The summed E-state index contributed by atoms with van der Waals surface area (Å²) in [6.45, 7) is 10.9. The van der Waals surface area contributed by atoms with Crippen LogP contribution in [0.15, 0.2) is 11.7 Å². The van der Waals surface area contributed by atoms with Gasteiger partial charge in [-0.3, -0.25) is 0 Å². The maximum atomic E-state index is 5.95. The second-order valence-corrected chi connectivity index (χ2v) is 5.74. The molecule has 138 valence electrons. The van der Waals surface area contributed by atoms with E-state index in [4.69, 9.17) is 18.9 Å². The quantitative estimate of drug-likeness (QED) is 0.193. The van der Waals surface area contributed by atoms with Gasteiger partial charge in [0.05, 0.1) is 19.8 Å². The monoisotopic (exact) mass is 330 g/mol. The van der Waals surface area contributed by atoms with E-state index in [2.05, 4.69) is 27.7 Å². The Bertz CT molecular complexity index is 265. The first-order valence-electron chi connectivity index (χ1n) is 9.49. The Morgan fingerprint density at radius 3 is 1.87 bits per heavy atom. The van der Waals surface area contributed by atoms with Gasteiger partial charge in [-0.1, -0.05) is 53.4 Å². The number of rotatable bonds is 17. The van der Waals surface area contributed by atoms with Crippen molar-refractivity contribution in [3.8, 4) is 0 Å². The Hall–Kier alpha value is -0.900. The smallest absolute Gasteiger partial charge is 0.321 e. The van der Waals surface area contributed by atoms with E-state index in [1.54, 1.807) is 0 Å². The molecule has 0 aromatic carbocycles. The first kappa shape index (κ1) is 22.1. The minimum atomic E-state index is 0.226. The molecule has 0 bridgehead atoms. The summed E-state index contributed by atoms with van der Waals surface area (Å²) in [7, 11) is 0. The van der Waals surface area contributed by atoms with Crippen LogP contribution in [-0.4, -0.2) is 26.6 Å². The zero-order valence-electron chi connectivity index (χ0n) is 15.8. The summed E-state index contributed by atoms with van der Waals surface area (Å²) in [5.74, 6) is 1.38. The summed E-state index contributed by atoms with van der Waals surface area (Å²) in [4.78, 5) is 0. The summed E-state index contributed by atoms with van der Waals surface area (Å²) in [5.41, 5.74) is 0. The van der Waals surface area contributed by atoms with Crippen molar-refractivity contribution in [1.29, 1.82) is 0 Å². The SMILES string of the molecule is CCCCCC(OCCCC)=C(OCCCC)OCOCCC. The van der Waals surface area contributed by atoms with E-state index < -0.39 is 0 Å². The highest BCUT2D eigenvalue weighted by molar-refractivity contribution is 4.95. The van der Waals surface area contributed by atoms with Gasteiger partial charge in [-0.15, -0.1) is 0 Å². The predicted octanol–water partition coefficient (Wildman–Crippen LogP) is 5.77. The minimum absolute atomic E-state index is 0.226. The molecule has 4 heteroatoms. The molecule has 0 spiro atoms. The van der Waals surface area contributed by atoms with Crippen LogP contribution in [0.3, 0.4) is 0 Å². The third-order valence-corrected chi connectivity index (χ3v) is 3.36. The number of allylic oxidation sites excluding steroid dienone is 1. The minimum Gasteiger partial charge on any atom is -0.491 e. The standard InChI is InChI=1S/C19H38O4/c1-5-9-12-13-18(21-15-10-6-2)19(22-16-11-7-3)23-17-20-14-8-4/h5-17H2,1-4H3. The third-order valence-electron chi connectivity index (χ3n) is 3.36. The van der Waals surface area contributed by atoms with Gasteiger partial charge < -0.3 is 18.9 Å². The van der Waals surface area contributed by atoms with Gasteiger partial charge in [0.15, 0.2) is 12.6 Å². The van der Waals surface area contributed by atoms with E-state index in [-0.39, 0.29) is 6.79 Å². The van der Waals surface area contributed by atoms with E-state index >= 15 is 0 Å². The largest absolute Gasteiger partial charge is 0.491 e. The van der Waals surface area contributed by atoms with Gasteiger partial charge in [-0.2, -0.15) is 0 Å². The molecule has 0 radical (unpaired) electrons. The average molecular weight is 331 g/mol. The van der Waals surface area contributed by atoms with Crippen molar-refractivity contribution < 1.29 is 18.9 Å². The molecule has 0 rings (SSSR count). The van der Waals surface area contributed by atoms with Crippen LogP contribution in [-0.2, 0) is 18.9 Å². The molecule has 0 fully saturated rings. The molecule has 0 aromatic heterocycles. The van der Waals surface area contributed by atoms with Crippen molar-refractivity contribution in [3.63, 3.8) is 0 Å². The van der Waals surface area contributed by atoms with Crippen molar-refractivity contribution in [2.45, 2.75) is 85.5 Å². The van der Waals surface area contributed by atoms with Crippen LogP contribution in [0.4, 0.5) is 0 Å². The molecular formula is C19H38O4. The van der Waals surface area contributed by atoms with Crippen molar-refractivity contribution in [2.24, 2.45) is 0 Å². The lowest BCUT2D eigenvalue weighted by Gasteiger charge is -2.17. The lowest BCUT2D eigenvalue weighted by atomic mass is 10.2. The average Bonchev–Trinajstić information content (AvgIpc) is 2.56. The van der Waals surface area contributed by atoms with Crippen molar-refractivity contribution in [3.05, 3.63) is 11.7 Å². The van der Waals surface area contributed by atoms with E-state index in [0.717, 1.165) is 57.3 Å². The Labute approximate surface area is 143 Å². The summed E-state index contributed by atoms with van der Waals surface area (Å²) in [5, 5.41) is 0. The number of hydrogen-bond acceptors (Lipinski definition) is 4. The van der Waals surface area contributed by atoms with Crippen molar-refractivity contribution >= 4 is 0 Å². The zero-order chi connectivity index (χ0) is 17.2. The Balaban J connectivity index is 4.69. The molecule has 0 aliphatic carbocycles. The summed E-state index contributed by atoms with van der Waals surface area (Å²) in [6, 6.07) is 0. The van der Waals surface area contributed by atoms with E-state index in [1.807, 2.05) is 0 Å². The molecule has 0 N–H and O–H groups in total. The third kappa shape index (κ3) is 13.3. The highest BCUT2D eigenvalue weighted by atomic mass is 16.7. The Morgan fingerprint density at radius 1 is 0.609 bits per heavy atom. The first-order chi connectivity index (χ1) is 11.3. The highest BCUT2D eigenvalue weighted by Gasteiger charge is 2.12. The summed E-state index contributed by atoms with van der Waals surface area (Å²) < 4.78 is 22.9. The Kier molecular flexibility index (Phi) is 16.8. The lowest BCUT2D eigenvalue weighted by molar-refractivity contribution is -0.0837. The van der Waals surface area contributed by atoms with Crippen LogP contribution in [0.1, 0.15) is 85.5 Å².